The van der Waals surface area contributed by atoms with Gasteiger partial charge in [0.05, 0.1) is 12.7 Å². The zero-order chi connectivity index (χ0) is 16.8. The molecule has 3 rings (SSSR count). The van der Waals surface area contributed by atoms with Crippen molar-refractivity contribution in [3.8, 4) is 0 Å². The summed E-state index contributed by atoms with van der Waals surface area (Å²) in [5.74, 6) is -0.174. The predicted octanol–water partition coefficient (Wildman–Crippen LogP) is 2.36. The average molecular weight is 336 g/mol. The summed E-state index contributed by atoms with van der Waals surface area (Å²) in [6, 6.07) is 6.33. The first-order valence-electron chi connectivity index (χ1n) is 8.72. The lowest BCUT2D eigenvalue weighted by Gasteiger charge is -2.26. The second-order valence-electron chi connectivity index (χ2n) is 6.40. The molecule has 2 saturated heterocycles. The number of hydrogen-bond donors (Lipinski definition) is 0. The number of ether oxygens (including phenoxy) is 1. The molecule has 1 aromatic carbocycles. The van der Waals surface area contributed by atoms with Gasteiger partial charge in [-0.15, -0.1) is 0 Å². The number of carbonyl (C=O) groups excluding carboxylic acids is 1. The van der Waals surface area contributed by atoms with Gasteiger partial charge in [0.25, 0.3) is 0 Å². The minimum atomic E-state index is -0.262. The summed E-state index contributed by atoms with van der Waals surface area (Å²) in [4.78, 5) is 19.9. The highest BCUT2D eigenvalue weighted by atomic mass is 19.1. The summed E-state index contributed by atoms with van der Waals surface area (Å²) in [5.41, 5.74) is 0.931. The van der Waals surface area contributed by atoms with Crippen LogP contribution in [0.4, 0.5) is 4.39 Å². The molecule has 132 valence electrons. The standard InChI is InChI=1S/C18H25FN2O3/c19-16-6-4-15(5-7-16)13-20(14-17-3-1-11-23-17)18(22)8-10-21-9-2-12-24-21/h4-7,17H,1-3,8-14H2/t17-/m0/s1. The highest BCUT2D eigenvalue weighted by molar-refractivity contribution is 5.76. The van der Waals surface area contributed by atoms with Gasteiger partial charge in [0.2, 0.25) is 5.91 Å². The largest absolute Gasteiger partial charge is 0.376 e. The molecular weight excluding hydrogens is 311 g/mol. The maximum absolute atomic E-state index is 13.1. The molecule has 0 radical (unpaired) electrons. The van der Waals surface area contributed by atoms with Crippen LogP contribution in [0.25, 0.3) is 0 Å². The molecule has 1 atom stereocenters. The third-order valence-corrected chi connectivity index (χ3v) is 4.49. The SMILES string of the molecule is O=C(CCN1CCCO1)N(Cc1ccc(F)cc1)C[C@@H]1CCCO1. The van der Waals surface area contributed by atoms with Gasteiger partial charge >= 0.3 is 0 Å². The molecule has 0 bridgehead atoms. The first-order valence-corrected chi connectivity index (χ1v) is 8.72. The lowest BCUT2D eigenvalue weighted by Crippen LogP contribution is -2.38. The molecular formula is C18H25FN2O3. The van der Waals surface area contributed by atoms with Crippen molar-refractivity contribution in [3.05, 3.63) is 35.6 Å². The smallest absolute Gasteiger partial charge is 0.224 e. The Morgan fingerprint density at radius 1 is 1.25 bits per heavy atom. The van der Waals surface area contributed by atoms with E-state index >= 15 is 0 Å². The van der Waals surface area contributed by atoms with E-state index in [1.807, 2.05) is 9.96 Å². The molecule has 2 aliphatic rings. The fraction of sp³-hybridized carbons (Fsp3) is 0.611. The van der Waals surface area contributed by atoms with Gasteiger partial charge in [-0.05, 0) is 37.0 Å². The molecule has 6 heteroatoms. The van der Waals surface area contributed by atoms with E-state index in [-0.39, 0.29) is 17.8 Å². The molecule has 0 N–H and O–H groups in total. The molecule has 2 heterocycles. The second-order valence-corrected chi connectivity index (χ2v) is 6.40. The van der Waals surface area contributed by atoms with Crippen LogP contribution in [0, 0.1) is 5.82 Å². The number of amides is 1. The van der Waals surface area contributed by atoms with Gasteiger partial charge < -0.3 is 9.64 Å². The van der Waals surface area contributed by atoms with E-state index in [2.05, 4.69) is 0 Å². The van der Waals surface area contributed by atoms with Gasteiger partial charge in [-0.3, -0.25) is 9.63 Å². The summed E-state index contributed by atoms with van der Waals surface area (Å²) in [7, 11) is 0. The van der Waals surface area contributed by atoms with Gasteiger partial charge in [-0.25, -0.2) is 4.39 Å². The number of benzene rings is 1. The monoisotopic (exact) mass is 336 g/mol. The van der Waals surface area contributed by atoms with E-state index in [0.717, 1.165) is 44.6 Å². The van der Waals surface area contributed by atoms with Gasteiger partial charge in [-0.2, -0.15) is 5.06 Å². The van der Waals surface area contributed by atoms with Crippen molar-refractivity contribution < 1.29 is 18.8 Å². The van der Waals surface area contributed by atoms with E-state index < -0.39 is 0 Å². The number of halogens is 1. The van der Waals surface area contributed by atoms with E-state index in [0.29, 0.717) is 26.1 Å². The lowest BCUT2D eigenvalue weighted by atomic mass is 10.1. The molecule has 0 aromatic heterocycles. The molecule has 0 unspecified atom stereocenters. The first-order chi connectivity index (χ1) is 11.7. The van der Waals surface area contributed by atoms with Crippen LogP contribution in [-0.4, -0.2) is 54.8 Å². The zero-order valence-corrected chi connectivity index (χ0v) is 14.0. The van der Waals surface area contributed by atoms with Crippen molar-refractivity contribution in [1.82, 2.24) is 9.96 Å². The van der Waals surface area contributed by atoms with Crippen LogP contribution in [0.1, 0.15) is 31.2 Å². The van der Waals surface area contributed by atoms with E-state index in [1.54, 1.807) is 12.1 Å². The summed E-state index contributed by atoms with van der Waals surface area (Å²) in [6.07, 6.45) is 3.59. The molecule has 0 aliphatic carbocycles. The van der Waals surface area contributed by atoms with Gasteiger partial charge in [0.15, 0.2) is 0 Å². The summed E-state index contributed by atoms with van der Waals surface area (Å²) in [6.45, 7) is 4.09. The van der Waals surface area contributed by atoms with Crippen molar-refractivity contribution in [2.45, 2.75) is 38.3 Å². The molecule has 24 heavy (non-hydrogen) atoms. The van der Waals surface area contributed by atoms with Gasteiger partial charge in [-0.1, -0.05) is 12.1 Å². The number of hydroxylamine groups is 2. The summed E-state index contributed by atoms with van der Waals surface area (Å²) in [5, 5.41) is 1.86. The molecule has 1 aromatic rings. The van der Waals surface area contributed by atoms with Gasteiger partial charge in [0, 0.05) is 39.2 Å². The van der Waals surface area contributed by atoms with E-state index in [1.165, 1.54) is 12.1 Å². The maximum Gasteiger partial charge on any atom is 0.224 e. The van der Waals surface area contributed by atoms with Crippen molar-refractivity contribution in [3.63, 3.8) is 0 Å². The Labute approximate surface area is 142 Å². The maximum atomic E-state index is 13.1. The first kappa shape index (κ1) is 17.3. The highest BCUT2D eigenvalue weighted by Gasteiger charge is 2.23. The summed E-state index contributed by atoms with van der Waals surface area (Å²) < 4.78 is 18.8. The van der Waals surface area contributed by atoms with Gasteiger partial charge in [0.1, 0.15) is 5.82 Å². The minimum absolute atomic E-state index is 0.0883. The van der Waals surface area contributed by atoms with Crippen molar-refractivity contribution in [1.29, 1.82) is 0 Å². The van der Waals surface area contributed by atoms with Crippen molar-refractivity contribution in [2.75, 3.05) is 32.8 Å². The highest BCUT2D eigenvalue weighted by Crippen LogP contribution is 2.16. The van der Waals surface area contributed by atoms with Crippen LogP contribution in [0.2, 0.25) is 0 Å². The molecule has 0 saturated carbocycles. The Kier molecular flexibility index (Phi) is 6.18. The molecule has 2 fully saturated rings. The normalized spacial score (nSPS) is 21.3. The molecule has 2 aliphatic heterocycles. The number of nitrogens with zero attached hydrogens (tertiary/aromatic N) is 2. The molecule has 0 spiro atoms. The number of carbonyl (C=O) groups is 1. The van der Waals surface area contributed by atoms with Crippen LogP contribution in [0.3, 0.4) is 0 Å². The van der Waals surface area contributed by atoms with Crippen LogP contribution in [0.5, 0.6) is 0 Å². The Balaban J connectivity index is 1.58. The average Bonchev–Trinajstić information content (AvgIpc) is 3.27. The Hall–Kier alpha value is -1.50. The van der Waals surface area contributed by atoms with Crippen LogP contribution >= 0.6 is 0 Å². The molecule has 1 amide bonds. The van der Waals surface area contributed by atoms with Crippen LogP contribution in [-0.2, 0) is 20.9 Å². The third-order valence-electron chi connectivity index (χ3n) is 4.49. The number of rotatable bonds is 7. The minimum Gasteiger partial charge on any atom is -0.376 e. The fourth-order valence-corrected chi connectivity index (χ4v) is 3.15. The van der Waals surface area contributed by atoms with Crippen molar-refractivity contribution >= 4 is 5.91 Å². The predicted molar refractivity (Wildman–Crippen MR) is 87.6 cm³/mol. The summed E-state index contributed by atoms with van der Waals surface area (Å²) >= 11 is 0. The fourth-order valence-electron chi connectivity index (χ4n) is 3.15. The molecule has 5 nitrogen and oxygen atoms in total. The quantitative estimate of drug-likeness (QED) is 0.767. The Morgan fingerprint density at radius 3 is 2.75 bits per heavy atom. The topological polar surface area (TPSA) is 42.0 Å². The van der Waals surface area contributed by atoms with E-state index in [9.17, 15) is 9.18 Å². The second kappa shape index (κ2) is 8.55. The van der Waals surface area contributed by atoms with Crippen LogP contribution < -0.4 is 0 Å². The number of hydrogen-bond acceptors (Lipinski definition) is 4. The zero-order valence-electron chi connectivity index (χ0n) is 14.0. The lowest BCUT2D eigenvalue weighted by molar-refractivity contribution is -0.140. The Morgan fingerprint density at radius 2 is 2.08 bits per heavy atom. The van der Waals surface area contributed by atoms with Crippen molar-refractivity contribution in [2.24, 2.45) is 0 Å². The third kappa shape index (κ3) is 5.00. The van der Waals surface area contributed by atoms with Crippen LogP contribution in [0.15, 0.2) is 24.3 Å². The Bertz CT molecular complexity index is 526. The van der Waals surface area contributed by atoms with E-state index in [4.69, 9.17) is 9.57 Å².